The van der Waals surface area contributed by atoms with Crippen LogP contribution in [0, 0.1) is 0 Å². The highest BCUT2D eigenvalue weighted by Crippen LogP contribution is 2.02. The molecule has 2 amide bonds. The zero-order valence-electron chi connectivity index (χ0n) is 10.8. The van der Waals surface area contributed by atoms with Crippen molar-refractivity contribution in [3.8, 4) is 0 Å². The Morgan fingerprint density at radius 2 is 2.11 bits per heavy atom. The van der Waals surface area contributed by atoms with E-state index in [1.54, 1.807) is 4.90 Å². The topological polar surface area (TPSA) is 58.6 Å². The molecule has 0 aromatic heterocycles. The normalized spacial score (nSPS) is 15.8. The number of carbonyl (C=O) groups is 2. The number of hydrogen-bond donors (Lipinski definition) is 1. The average Bonchev–Trinajstić information content (AvgIpc) is 2.64. The zero-order valence-corrected chi connectivity index (χ0v) is 10.8. The summed E-state index contributed by atoms with van der Waals surface area (Å²) in [7, 11) is 0. The van der Waals surface area contributed by atoms with Crippen molar-refractivity contribution in [2.75, 3.05) is 26.2 Å². The minimum Gasteiger partial charge on any atom is -0.367 e. The van der Waals surface area contributed by atoms with Crippen LogP contribution in [0.15, 0.2) is 30.3 Å². The van der Waals surface area contributed by atoms with Crippen molar-refractivity contribution >= 4 is 11.8 Å². The maximum absolute atomic E-state index is 11.9. The zero-order chi connectivity index (χ0) is 13.5. The van der Waals surface area contributed by atoms with Gasteiger partial charge in [-0.15, -0.1) is 0 Å². The fourth-order valence-corrected chi connectivity index (χ4v) is 1.94. The molecule has 0 unspecified atom stereocenters. The molecule has 0 spiro atoms. The van der Waals surface area contributed by atoms with Gasteiger partial charge < -0.3 is 15.0 Å². The summed E-state index contributed by atoms with van der Waals surface area (Å²) in [4.78, 5) is 24.8. The summed E-state index contributed by atoms with van der Waals surface area (Å²) in [6.07, 6.45) is 0.788. The molecule has 1 heterocycles. The summed E-state index contributed by atoms with van der Waals surface area (Å²) >= 11 is 0. The largest absolute Gasteiger partial charge is 0.367 e. The molecule has 1 aliphatic heterocycles. The Kier molecular flexibility index (Phi) is 4.92. The highest BCUT2D eigenvalue weighted by atomic mass is 16.5. The number of nitrogens with zero attached hydrogens (tertiary/aromatic N) is 1. The lowest BCUT2D eigenvalue weighted by Gasteiger charge is -2.18. The number of ether oxygens (including phenoxy) is 1. The molecule has 0 atom stereocenters. The Bertz CT molecular complexity index is 434. The minimum absolute atomic E-state index is 0.0160. The number of amides is 2. The van der Waals surface area contributed by atoms with Crippen molar-refractivity contribution in [1.29, 1.82) is 0 Å². The molecule has 1 aliphatic rings. The fraction of sp³-hybridized carbons (Fsp3) is 0.429. The van der Waals surface area contributed by atoms with E-state index in [9.17, 15) is 9.59 Å². The average molecular weight is 262 g/mol. The molecule has 0 radical (unpaired) electrons. The Hall–Kier alpha value is -1.88. The van der Waals surface area contributed by atoms with Gasteiger partial charge in [0.1, 0.15) is 6.61 Å². The molecule has 1 N–H and O–H groups in total. The highest BCUT2D eigenvalue weighted by Gasteiger charge is 2.19. The van der Waals surface area contributed by atoms with Crippen molar-refractivity contribution in [3.05, 3.63) is 35.9 Å². The van der Waals surface area contributed by atoms with Gasteiger partial charge in [0.15, 0.2) is 0 Å². The molecule has 1 fully saturated rings. The van der Waals surface area contributed by atoms with Crippen molar-refractivity contribution < 1.29 is 14.3 Å². The summed E-state index contributed by atoms with van der Waals surface area (Å²) in [6.45, 7) is 1.79. The van der Waals surface area contributed by atoms with Gasteiger partial charge in [-0.2, -0.15) is 0 Å². The summed E-state index contributed by atoms with van der Waals surface area (Å²) < 4.78 is 5.39. The van der Waals surface area contributed by atoms with Crippen LogP contribution in [0.1, 0.15) is 12.0 Å². The van der Waals surface area contributed by atoms with Gasteiger partial charge in [-0.1, -0.05) is 30.3 Å². The Morgan fingerprint density at radius 1 is 1.32 bits per heavy atom. The first-order valence-corrected chi connectivity index (χ1v) is 6.42. The van der Waals surface area contributed by atoms with Gasteiger partial charge in [0.2, 0.25) is 11.8 Å². The summed E-state index contributed by atoms with van der Waals surface area (Å²) in [5.41, 5.74) is 1.03. The second kappa shape index (κ2) is 6.89. The smallest absolute Gasteiger partial charge is 0.249 e. The Balaban J connectivity index is 1.76. The second-order valence-corrected chi connectivity index (χ2v) is 4.50. The Morgan fingerprint density at radius 3 is 2.89 bits per heavy atom. The van der Waals surface area contributed by atoms with Crippen LogP contribution in [-0.2, 0) is 20.9 Å². The lowest BCUT2D eigenvalue weighted by molar-refractivity contribution is -0.139. The molecule has 19 heavy (non-hydrogen) atoms. The SMILES string of the molecule is O=C1CN(C(=O)COCc2ccccc2)CCCN1. The van der Waals surface area contributed by atoms with Gasteiger partial charge in [-0.3, -0.25) is 9.59 Å². The maximum Gasteiger partial charge on any atom is 0.249 e. The van der Waals surface area contributed by atoms with Gasteiger partial charge in [-0.05, 0) is 12.0 Å². The van der Waals surface area contributed by atoms with Crippen molar-refractivity contribution in [1.82, 2.24) is 10.2 Å². The van der Waals surface area contributed by atoms with Crippen LogP contribution in [0.25, 0.3) is 0 Å². The number of nitrogens with one attached hydrogen (secondary N) is 1. The third-order valence-electron chi connectivity index (χ3n) is 2.95. The van der Waals surface area contributed by atoms with E-state index in [0.717, 1.165) is 12.0 Å². The Labute approximate surface area is 112 Å². The monoisotopic (exact) mass is 262 g/mol. The molecule has 2 rings (SSSR count). The van der Waals surface area contributed by atoms with Crippen LogP contribution in [0.5, 0.6) is 0 Å². The molecule has 0 saturated carbocycles. The van der Waals surface area contributed by atoms with Crippen LogP contribution in [0.2, 0.25) is 0 Å². The van der Waals surface area contributed by atoms with E-state index in [0.29, 0.717) is 19.7 Å². The first-order chi connectivity index (χ1) is 9.25. The minimum atomic E-state index is -0.131. The molecule has 0 aliphatic carbocycles. The van der Waals surface area contributed by atoms with E-state index in [1.807, 2.05) is 30.3 Å². The number of hydrogen-bond acceptors (Lipinski definition) is 3. The van der Waals surface area contributed by atoms with Crippen LogP contribution in [0.3, 0.4) is 0 Å². The number of rotatable bonds is 4. The number of benzene rings is 1. The van der Waals surface area contributed by atoms with E-state index < -0.39 is 0 Å². The van der Waals surface area contributed by atoms with Gasteiger partial charge in [-0.25, -0.2) is 0 Å². The molecule has 1 aromatic rings. The predicted octanol–water partition coefficient (Wildman–Crippen LogP) is 0.552. The molecular formula is C14H18N2O3. The van der Waals surface area contributed by atoms with Crippen LogP contribution in [0.4, 0.5) is 0 Å². The lowest BCUT2D eigenvalue weighted by Crippen LogP contribution is -2.39. The molecule has 5 nitrogen and oxygen atoms in total. The standard InChI is InChI=1S/C14H18N2O3/c17-13-9-16(8-4-7-15-13)14(18)11-19-10-12-5-2-1-3-6-12/h1-3,5-6H,4,7-11H2,(H,15,17). The van der Waals surface area contributed by atoms with Crippen LogP contribution >= 0.6 is 0 Å². The second-order valence-electron chi connectivity index (χ2n) is 4.50. The van der Waals surface area contributed by atoms with E-state index in [4.69, 9.17) is 4.74 Å². The van der Waals surface area contributed by atoms with Crippen molar-refractivity contribution in [2.45, 2.75) is 13.0 Å². The first kappa shape index (κ1) is 13.5. The molecule has 5 heteroatoms. The lowest BCUT2D eigenvalue weighted by atomic mass is 10.2. The first-order valence-electron chi connectivity index (χ1n) is 6.42. The summed E-state index contributed by atoms with van der Waals surface area (Å²) in [5.74, 6) is -0.234. The van der Waals surface area contributed by atoms with Gasteiger partial charge >= 0.3 is 0 Å². The van der Waals surface area contributed by atoms with Crippen LogP contribution in [-0.4, -0.2) is 43.0 Å². The molecule has 1 saturated heterocycles. The summed E-state index contributed by atoms with van der Waals surface area (Å²) in [6, 6.07) is 9.69. The quantitative estimate of drug-likeness (QED) is 0.862. The molecule has 1 aromatic carbocycles. The molecule has 0 bridgehead atoms. The van der Waals surface area contributed by atoms with Gasteiger partial charge in [0, 0.05) is 13.1 Å². The summed E-state index contributed by atoms with van der Waals surface area (Å²) in [5, 5.41) is 2.74. The third kappa shape index (κ3) is 4.37. The predicted molar refractivity (Wildman–Crippen MR) is 70.3 cm³/mol. The van der Waals surface area contributed by atoms with E-state index in [-0.39, 0.29) is 25.0 Å². The van der Waals surface area contributed by atoms with Crippen molar-refractivity contribution in [3.63, 3.8) is 0 Å². The maximum atomic E-state index is 11.9. The number of carbonyl (C=O) groups excluding carboxylic acids is 2. The fourth-order valence-electron chi connectivity index (χ4n) is 1.94. The van der Waals surface area contributed by atoms with E-state index in [1.165, 1.54) is 0 Å². The van der Waals surface area contributed by atoms with Gasteiger partial charge in [0.05, 0.1) is 13.2 Å². The highest BCUT2D eigenvalue weighted by molar-refractivity contribution is 5.85. The van der Waals surface area contributed by atoms with Crippen molar-refractivity contribution in [2.24, 2.45) is 0 Å². The third-order valence-corrected chi connectivity index (χ3v) is 2.95. The van der Waals surface area contributed by atoms with Gasteiger partial charge in [0.25, 0.3) is 0 Å². The van der Waals surface area contributed by atoms with E-state index in [2.05, 4.69) is 5.32 Å². The van der Waals surface area contributed by atoms with Crippen LogP contribution < -0.4 is 5.32 Å². The van der Waals surface area contributed by atoms with E-state index >= 15 is 0 Å². The molecular weight excluding hydrogens is 244 g/mol. The molecule has 102 valence electrons.